The number of hydrogen-bond acceptors (Lipinski definition) is 3. The fourth-order valence-electron chi connectivity index (χ4n) is 3.93. The maximum Gasteiger partial charge on any atom is 0.256 e. The first-order valence-corrected chi connectivity index (χ1v) is 10.6. The predicted molar refractivity (Wildman–Crippen MR) is 120 cm³/mol. The van der Waals surface area contributed by atoms with E-state index >= 15 is 0 Å². The molecule has 1 saturated heterocycles. The van der Waals surface area contributed by atoms with Gasteiger partial charge in [0.15, 0.2) is 0 Å². The van der Waals surface area contributed by atoms with Crippen molar-refractivity contribution in [2.45, 2.75) is 6.42 Å². The van der Waals surface area contributed by atoms with Crippen LogP contribution in [0.4, 0.5) is 4.39 Å². The summed E-state index contributed by atoms with van der Waals surface area (Å²) in [7, 11) is 0. The van der Waals surface area contributed by atoms with Gasteiger partial charge in [-0.05, 0) is 28.5 Å². The van der Waals surface area contributed by atoms with Gasteiger partial charge in [-0.3, -0.25) is 14.4 Å². The van der Waals surface area contributed by atoms with Crippen molar-refractivity contribution in [1.82, 2.24) is 15.1 Å². The average molecular weight is 433 g/mol. The molecule has 0 aliphatic carbocycles. The third kappa shape index (κ3) is 4.77. The van der Waals surface area contributed by atoms with Gasteiger partial charge in [0.25, 0.3) is 5.91 Å². The van der Waals surface area contributed by atoms with Crippen molar-refractivity contribution in [2.75, 3.05) is 32.7 Å². The van der Waals surface area contributed by atoms with E-state index < -0.39 is 5.82 Å². The van der Waals surface area contributed by atoms with Crippen molar-refractivity contribution in [3.8, 4) is 0 Å². The van der Waals surface area contributed by atoms with Gasteiger partial charge < -0.3 is 15.1 Å². The van der Waals surface area contributed by atoms with Gasteiger partial charge in [0.05, 0.1) is 18.5 Å². The molecule has 3 aromatic carbocycles. The second-order valence-electron chi connectivity index (χ2n) is 7.74. The number of nitrogens with zero attached hydrogens (tertiary/aromatic N) is 2. The van der Waals surface area contributed by atoms with Crippen LogP contribution in [0, 0.1) is 5.82 Å². The van der Waals surface area contributed by atoms with Gasteiger partial charge in [0.2, 0.25) is 11.8 Å². The average Bonchev–Trinajstić information content (AvgIpc) is 2.83. The van der Waals surface area contributed by atoms with E-state index in [4.69, 9.17) is 0 Å². The van der Waals surface area contributed by atoms with Gasteiger partial charge >= 0.3 is 0 Å². The second kappa shape index (κ2) is 9.60. The topological polar surface area (TPSA) is 69.7 Å². The van der Waals surface area contributed by atoms with Crippen LogP contribution < -0.4 is 5.32 Å². The monoisotopic (exact) mass is 433 g/mol. The lowest BCUT2D eigenvalue weighted by Gasteiger charge is -2.35. The van der Waals surface area contributed by atoms with Crippen LogP contribution in [-0.4, -0.2) is 60.2 Å². The van der Waals surface area contributed by atoms with Crippen molar-refractivity contribution in [2.24, 2.45) is 0 Å². The Morgan fingerprint density at radius 2 is 1.47 bits per heavy atom. The smallest absolute Gasteiger partial charge is 0.256 e. The van der Waals surface area contributed by atoms with Crippen molar-refractivity contribution in [3.63, 3.8) is 0 Å². The first-order chi connectivity index (χ1) is 15.5. The molecule has 3 amide bonds. The predicted octanol–water partition coefficient (Wildman–Crippen LogP) is 2.62. The van der Waals surface area contributed by atoms with Gasteiger partial charge in [0, 0.05) is 26.2 Å². The lowest BCUT2D eigenvalue weighted by atomic mass is 10.0. The summed E-state index contributed by atoms with van der Waals surface area (Å²) in [5.41, 5.74) is 0.946. The summed E-state index contributed by atoms with van der Waals surface area (Å²) < 4.78 is 13.9. The summed E-state index contributed by atoms with van der Waals surface area (Å²) in [5, 5.41) is 4.79. The lowest BCUT2D eigenvalue weighted by Crippen LogP contribution is -2.52. The van der Waals surface area contributed by atoms with Gasteiger partial charge in [-0.2, -0.15) is 0 Å². The summed E-state index contributed by atoms with van der Waals surface area (Å²) >= 11 is 0. The number of fused-ring (bicyclic) bond motifs is 1. The van der Waals surface area contributed by atoms with E-state index in [0.29, 0.717) is 26.2 Å². The molecule has 0 aromatic heterocycles. The fraction of sp³-hybridized carbons (Fsp3) is 0.240. The van der Waals surface area contributed by atoms with Crippen LogP contribution in [0.15, 0.2) is 66.7 Å². The third-order valence-corrected chi connectivity index (χ3v) is 5.69. The summed E-state index contributed by atoms with van der Waals surface area (Å²) in [6.07, 6.45) is 0.194. The molecular formula is C25H24FN3O3. The third-order valence-electron chi connectivity index (χ3n) is 5.69. The standard InChI is InChI=1S/C25H24FN3O3/c26-22-11-4-3-10-21(22)25(32)29-14-12-28(13-15-29)24(31)17-27-23(30)16-19-8-5-7-18-6-1-2-9-20(18)19/h1-11H,12-17H2,(H,27,30). The van der Waals surface area contributed by atoms with Gasteiger partial charge in [-0.1, -0.05) is 54.6 Å². The van der Waals surface area contributed by atoms with Crippen molar-refractivity contribution >= 4 is 28.5 Å². The summed E-state index contributed by atoms with van der Waals surface area (Å²) in [4.78, 5) is 40.6. The van der Waals surface area contributed by atoms with Crippen LogP contribution in [0.1, 0.15) is 15.9 Å². The van der Waals surface area contributed by atoms with E-state index in [1.807, 2.05) is 42.5 Å². The molecule has 3 aromatic rings. The van der Waals surface area contributed by atoms with Gasteiger partial charge in [-0.15, -0.1) is 0 Å². The van der Waals surface area contributed by atoms with E-state index in [1.165, 1.54) is 18.2 Å². The maximum atomic E-state index is 13.9. The molecule has 4 rings (SSSR count). The number of hydrogen-bond donors (Lipinski definition) is 1. The van der Waals surface area contributed by atoms with Crippen molar-refractivity contribution in [1.29, 1.82) is 0 Å². The van der Waals surface area contributed by atoms with E-state index in [0.717, 1.165) is 16.3 Å². The number of benzene rings is 3. The Kier molecular flexibility index (Phi) is 6.44. The number of carbonyl (C=O) groups excluding carboxylic acids is 3. The number of halogens is 1. The van der Waals surface area contributed by atoms with Crippen LogP contribution in [0.2, 0.25) is 0 Å². The molecule has 1 aliphatic heterocycles. The Balaban J connectivity index is 1.26. The number of nitrogens with one attached hydrogen (secondary N) is 1. The second-order valence-corrected chi connectivity index (χ2v) is 7.74. The number of rotatable bonds is 5. The molecule has 0 atom stereocenters. The molecule has 0 unspecified atom stereocenters. The Labute approximate surface area is 185 Å². The van der Waals surface area contributed by atoms with E-state index in [1.54, 1.807) is 15.9 Å². The Hall–Kier alpha value is -3.74. The van der Waals surface area contributed by atoms with E-state index in [2.05, 4.69) is 5.32 Å². The van der Waals surface area contributed by atoms with Gasteiger partial charge in [-0.25, -0.2) is 4.39 Å². The first-order valence-electron chi connectivity index (χ1n) is 10.6. The Morgan fingerprint density at radius 1 is 0.812 bits per heavy atom. The molecule has 0 radical (unpaired) electrons. The summed E-state index contributed by atoms with van der Waals surface area (Å²) in [5.74, 6) is -1.35. The highest BCUT2D eigenvalue weighted by molar-refractivity contribution is 5.95. The SMILES string of the molecule is O=C(Cc1cccc2ccccc12)NCC(=O)N1CCN(C(=O)c2ccccc2F)CC1. The van der Waals surface area contributed by atoms with Crippen LogP contribution in [0.5, 0.6) is 0 Å². The lowest BCUT2D eigenvalue weighted by molar-refractivity contribution is -0.133. The largest absolute Gasteiger partial charge is 0.347 e. The van der Waals surface area contributed by atoms with Crippen LogP contribution in [-0.2, 0) is 16.0 Å². The minimum atomic E-state index is -0.551. The zero-order chi connectivity index (χ0) is 22.5. The van der Waals surface area contributed by atoms with Crippen LogP contribution in [0.3, 0.4) is 0 Å². The zero-order valence-electron chi connectivity index (χ0n) is 17.6. The molecule has 0 spiro atoms. The van der Waals surface area contributed by atoms with E-state index in [9.17, 15) is 18.8 Å². The quantitative estimate of drug-likeness (QED) is 0.673. The molecule has 0 saturated carbocycles. The molecule has 32 heavy (non-hydrogen) atoms. The highest BCUT2D eigenvalue weighted by Gasteiger charge is 2.26. The van der Waals surface area contributed by atoms with Crippen molar-refractivity contribution in [3.05, 3.63) is 83.7 Å². The van der Waals surface area contributed by atoms with Gasteiger partial charge in [0.1, 0.15) is 5.82 Å². The summed E-state index contributed by atoms with van der Waals surface area (Å²) in [6, 6.07) is 19.6. The van der Waals surface area contributed by atoms with Crippen LogP contribution >= 0.6 is 0 Å². The Morgan fingerprint density at radius 3 is 2.25 bits per heavy atom. The van der Waals surface area contributed by atoms with Crippen molar-refractivity contribution < 1.29 is 18.8 Å². The zero-order valence-corrected chi connectivity index (χ0v) is 17.6. The first kappa shape index (κ1) is 21.5. The maximum absolute atomic E-state index is 13.9. The molecule has 0 bridgehead atoms. The molecule has 1 aliphatic rings. The number of amides is 3. The minimum Gasteiger partial charge on any atom is -0.347 e. The van der Waals surface area contributed by atoms with E-state index in [-0.39, 0.29) is 36.3 Å². The van der Waals surface area contributed by atoms with Crippen LogP contribution in [0.25, 0.3) is 10.8 Å². The Bertz CT molecular complexity index is 1150. The number of carbonyl (C=O) groups is 3. The molecule has 1 heterocycles. The molecule has 7 heteroatoms. The molecular weight excluding hydrogens is 409 g/mol. The molecule has 6 nitrogen and oxygen atoms in total. The highest BCUT2D eigenvalue weighted by Crippen LogP contribution is 2.19. The molecule has 1 N–H and O–H groups in total. The normalized spacial score (nSPS) is 13.8. The highest BCUT2D eigenvalue weighted by atomic mass is 19.1. The fourth-order valence-corrected chi connectivity index (χ4v) is 3.93. The number of piperazine rings is 1. The molecule has 164 valence electrons. The molecule has 1 fully saturated rings. The minimum absolute atomic E-state index is 0.0352. The summed E-state index contributed by atoms with van der Waals surface area (Å²) in [6.45, 7) is 1.24.